The van der Waals surface area contributed by atoms with Gasteiger partial charge in [0.1, 0.15) is 0 Å². The lowest BCUT2D eigenvalue weighted by atomic mass is 10.0. The fourth-order valence-corrected chi connectivity index (χ4v) is 12.4. The SMILES string of the molecule is CC1=[C]C(C)([Si](c2ccccc2)(c2cc(C)cc(C)c2)c2cccc(C)c2C)C(C)=C1C. The Morgan fingerprint density at radius 2 is 1.31 bits per heavy atom. The zero-order valence-corrected chi connectivity index (χ0v) is 21.9. The van der Waals surface area contributed by atoms with E-state index in [4.69, 9.17) is 0 Å². The van der Waals surface area contributed by atoms with Crippen LogP contribution >= 0.6 is 0 Å². The molecule has 2 unspecified atom stereocenters. The fourth-order valence-electron chi connectivity index (χ4n) is 5.95. The van der Waals surface area contributed by atoms with Crippen LogP contribution in [0.2, 0.25) is 5.04 Å². The lowest BCUT2D eigenvalue weighted by Crippen LogP contribution is -2.73. The second-order valence-electron chi connectivity index (χ2n) is 9.86. The standard InChI is InChI=1S/C31H35Si/c1-21-17-22(2)19-29(18-21)32(28-14-10-9-11-15-28,30-16-12-13-23(3)26(30)6)31(8)20-24(4)25(5)27(31)7/h9-19H,1-8H3. The number of rotatable bonds is 4. The molecule has 0 aromatic heterocycles. The molecule has 0 bridgehead atoms. The smallest absolute Gasteiger partial charge is 0.0624 e. The van der Waals surface area contributed by atoms with Crippen LogP contribution in [0.25, 0.3) is 0 Å². The van der Waals surface area contributed by atoms with Crippen LogP contribution in [0.3, 0.4) is 0 Å². The molecule has 0 aliphatic heterocycles. The Morgan fingerprint density at radius 3 is 1.88 bits per heavy atom. The summed E-state index contributed by atoms with van der Waals surface area (Å²) in [6.45, 7) is 18.4. The molecular weight excluding hydrogens is 400 g/mol. The van der Waals surface area contributed by atoms with Crippen LogP contribution < -0.4 is 15.6 Å². The predicted octanol–water partition coefficient (Wildman–Crippen LogP) is 6.25. The first-order chi connectivity index (χ1) is 15.1. The summed E-state index contributed by atoms with van der Waals surface area (Å²) in [5, 5.41) is 4.26. The van der Waals surface area contributed by atoms with E-state index in [9.17, 15) is 0 Å². The minimum absolute atomic E-state index is 0.179. The summed E-state index contributed by atoms with van der Waals surface area (Å²) in [4.78, 5) is 0. The van der Waals surface area contributed by atoms with Crippen LogP contribution in [0.15, 0.2) is 83.4 Å². The second kappa shape index (κ2) is 8.05. The van der Waals surface area contributed by atoms with Crippen LogP contribution in [0, 0.1) is 33.8 Å². The summed E-state index contributed by atoms with van der Waals surface area (Å²) in [6.07, 6.45) is 4.06. The Hall–Kier alpha value is -2.64. The highest BCUT2D eigenvalue weighted by atomic mass is 28.3. The van der Waals surface area contributed by atoms with Crippen LogP contribution in [0.1, 0.15) is 49.9 Å². The Bertz CT molecular complexity index is 1220. The largest absolute Gasteiger partial charge is 0.162 e. The number of hydrogen-bond acceptors (Lipinski definition) is 0. The molecule has 1 aliphatic carbocycles. The summed E-state index contributed by atoms with van der Waals surface area (Å²) < 4.78 is 0. The molecule has 0 nitrogen and oxygen atoms in total. The Labute approximate surface area is 195 Å². The zero-order valence-electron chi connectivity index (χ0n) is 20.9. The van der Waals surface area contributed by atoms with Gasteiger partial charge in [-0.1, -0.05) is 90.4 Å². The van der Waals surface area contributed by atoms with Gasteiger partial charge in [0.05, 0.1) is 0 Å². The third kappa shape index (κ3) is 3.18. The molecule has 0 saturated heterocycles. The van der Waals surface area contributed by atoms with Crippen molar-refractivity contribution < 1.29 is 0 Å². The molecule has 163 valence electrons. The summed E-state index contributed by atoms with van der Waals surface area (Å²) in [7, 11) is -2.59. The normalized spacial score (nSPS) is 20.3. The molecule has 3 aromatic carbocycles. The van der Waals surface area contributed by atoms with E-state index in [1.807, 2.05) is 0 Å². The molecule has 0 N–H and O–H groups in total. The van der Waals surface area contributed by atoms with Gasteiger partial charge < -0.3 is 0 Å². The minimum Gasteiger partial charge on any atom is -0.0624 e. The molecule has 0 heterocycles. The van der Waals surface area contributed by atoms with E-state index in [0.29, 0.717) is 0 Å². The number of aryl methyl sites for hydroxylation is 3. The van der Waals surface area contributed by atoms with Crippen molar-refractivity contribution in [3.05, 3.63) is 112 Å². The average molecular weight is 436 g/mol. The van der Waals surface area contributed by atoms with E-state index in [2.05, 4.69) is 128 Å². The van der Waals surface area contributed by atoms with Crippen molar-refractivity contribution in [2.24, 2.45) is 0 Å². The van der Waals surface area contributed by atoms with E-state index in [0.717, 1.165) is 0 Å². The van der Waals surface area contributed by atoms with Gasteiger partial charge in [-0.3, -0.25) is 0 Å². The lowest BCUT2D eigenvalue weighted by Gasteiger charge is -2.47. The molecule has 2 atom stereocenters. The first kappa shape index (κ1) is 22.5. The Kier molecular flexibility index (Phi) is 5.67. The van der Waals surface area contributed by atoms with Crippen LogP contribution in [-0.4, -0.2) is 8.07 Å². The molecule has 3 aromatic rings. The van der Waals surface area contributed by atoms with E-state index in [1.165, 1.54) is 54.5 Å². The highest BCUT2D eigenvalue weighted by Crippen LogP contribution is 2.52. The van der Waals surface area contributed by atoms with Gasteiger partial charge in [0.2, 0.25) is 0 Å². The molecule has 0 spiro atoms. The van der Waals surface area contributed by atoms with Crippen molar-refractivity contribution in [1.82, 2.24) is 0 Å². The van der Waals surface area contributed by atoms with E-state index in [1.54, 1.807) is 0 Å². The molecule has 1 radical (unpaired) electrons. The van der Waals surface area contributed by atoms with Gasteiger partial charge in [0.25, 0.3) is 0 Å². The molecule has 32 heavy (non-hydrogen) atoms. The average Bonchev–Trinajstić information content (AvgIpc) is 2.95. The van der Waals surface area contributed by atoms with Crippen molar-refractivity contribution in [1.29, 1.82) is 0 Å². The van der Waals surface area contributed by atoms with Crippen LogP contribution in [0.4, 0.5) is 0 Å². The van der Waals surface area contributed by atoms with Gasteiger partial charge in [0, 0.05) is 5.04 Å². The van der Waals surface area contributed by atoms with Crippen LogP contribution in [-0.2, 0) is 0 Å². The van der Waals surface area contributed by atoms with Gasteiger partial charge in [-0.05, 0) is 92.4 Å². The molecule has 4 rings (SSSR count). The van der Waals surface area contributed by atoms with E-state index in [-0.39, 0.29) is 5.04 Å². The van der Waals surface area contributed by atoms with Crippen molar-refractivity contribution >= 4 is 23.6 Å². The van der Waals surface area contributed by atoms with Crippen molar-refractivity contribution in [3.63, 3.8) is 0 Å². The first-order valence-electron chi connectivity index (χ1n) is 11.6. The van der Waals surface area contributed by atoms with Gasteiger partial charge in [0.15, 0.2) is 8.07 Å². The number of hydrogen-bond donors (Lipinski definition) is 0. The summed E-state index contributed by atoms with van der Waals surface area (Å²) in [6, 6.07) is 25.4. The third-order valence-electron chi connectivity index (χ3n) is 7.93. The quantitative estimate of drug-likeness (QED) is 0.336. The zero-order chi connectivity index (χ0) is 23.3. The number of benzene rings is 3. The maximum atomic E-state index is 4.06. The summed E-state index contributed by atoms with van der Waals surface area (Å²) >= 11 is 0. The summed E-state index contributed by atoms with van der Waals surface area (Å²) in [5.41, 5.74) is 9.60. The maximum absolute atomic E-state index is 4.06. The van der Waals surface area contributed by atoms with Crippen molar-refractivity contribution in [2.45, 2.75) is 60.4 Å². The molecule has 1 heteroatoms. The topological polar surface area (TPSA) is 0 Å². The summed E-state index contributed by atoms with van der Waals surface area (Å²) in [5.74, 6) is 0. The molecular formula is C31H35Si. The van der Waals surface area contributed by atoms with Gasteiger partial charge in [-0.2, -0.15) is 0 Å². The van der Waals surface area contributed by atoms with Crippen LogP contribution in [0.5, 0.6) is 0 Å². The van der Waals surface area contributed by atoms with E-state index < -0.39 is 8.07 Å². The first-order valence-corrected chi connectivity index (χ1v) is 13.6. The maximum Gasteiger partial charge on any atom is 0.162 e. The number of allylic oxidation sites excluding steroid dienone is 4. The molecule has 1 aliphatic rings. The molecule has 0 amide bonds. The highest BCUT2D eigenvalue weighted by Gasteiger charge is 2.56. The molecule has 0 saturated carbocycles. The Morgan fingerprint density at radius 1 is 0.688 bits per heavy atom. The fraction of sp³-hybridized carbons (Fsp3) is 0.290. The monoisotopic (exact) mass is 435 g/mol. The van der Waals surface area contributed by atoms with Crippen molar-refractivity contribution in [3.8, 4) is 0 Å². The third-order valence-corrected chi connectivity index (χ3v) is 13.6. The predicted molar refractivity (Wildman–Crippen MR) is 142 cm³/mol. The molecule has 0 fully saturated rings. The van der Waals surface area contributed by atoms with Gasteiger partial charge in [-0.25, -0.2) is 0 Å². The Balaban J connectivity index is 2.28. The van der Waals surface area contributed by atoms with Crippen molar-refractivity contribution in [2.75, 3.05) is 0 Å². The minimum atomic E-state index is -2.59. The van der Waals surface area contributed by atoms with E-state index >= 15 is 0 Å². The lowest BCUT2D eigenvalue weighted by molar-refractivity contribution is 0.847. The van der Waals surface area contributed by atoms with Gasteiger partial charge >= 0.3 is 0 Å². The van der Waals surface area contributed by atoms with Gasteiger partial charge in [-0.15, -0.1) is 0 Å². The second-order valence-corrected chi connectivity index (χ2v) is 14.1. The highest BCUT2D eigenvalue weighted by molar-refractivity contribution is 7.14.